The highest BCUT2D eigenvalue weighted by Gasteiger charge is 2.46. The van der Waals surface area contributed by atoms with Crippen LogP contribution in [0.5, 0.6) is 0 Å². The summed E-state index contributed by atoms with van der Waals surface area (Å²) < 4.78 is 126. The minimum atomic E-state index is -0.784. The first kappa shape index (κ1) is 50.2. The van der Waals surface area contributed by atoms with Crippen molar-refractivity contribution in [2.75, 3.05) is 9.80 Å². The summed E-state index contributed by atoms with van der Waals surface area (Å²) in [5, 5.41) is 14.4. The average Bonchev–Trinajstić information content (AvgIpc) is 0.863. The molecule has 0 amide bonds. The van der Waals surface area contributed by atoms with Crippen molar-refractivity contribution in [3.8, 4) is 73.1 Å². The van der Waals surface area contributed by atoms with Crippen molar-refractivity contribution in [1.29, 1.82) is 5.26 Å². The minimum Gasteiger partial charge on any atom is -0.310 e. The SMILES string of the molecule is [2H]c1c([2H])c([2H])c(-c2ccc3c(c2)N(c2c(-c4ccccc4)cc(C(C)(C)C)cc2-c2ccccc2-c2ccccc2)c2cc(-c4cc(C(C)(C)C)cc(C(C)(C)C)c4)cc4c2B3c2ccc(-n3c5c([2H])c([2H])c([2H])c([2H])c5c5c([2H])c([2H])c([2H])c([2H])c53)cc2N4c2cccc(-n3c4ccccc4c4ccccc43)c2C#N)c([2H])c1[2H]. The minimum absolute atomic E-state index is 0.00264. The van der Waals surface area contributed by atoms with E-state index in [4.69, 9.17) is 4.11 Å². The van der Waals surface area contributed by atoms with E-state index in [1.165, 1.54) is 4.57 Å². The van der Waals surface area contributed by atoms with Gasteiger partial charge in [0.1, 0.15) is 11.6 Å². The van der Waals surface area contributed by atoms with Gasteiger partial charge in [-0.25, -0.2) is 0 Å². The van der Waals surface area contributed by atoms with Crippen molar-refractivity contribution in [2.45, 2.75) is 78.6 Å². The van der Waals surface area contributed by atoms with E-state index in [2.05, 4.69) is 198 Å². The molecule has 0 spiro atoms. The first-order chi connectivity index (χ1) is 55.4. The number of hydrogen-bond acceptors (Lipinski definition) is 3. The molecule has 0 bridgehead atoms. The van der Waals surface area contributed by atoms with Crippen LogP contribution >= 0.6 is 0 Å². The van der Waals surface area contributed by atoms with Crippen molar-refractivity contribution >= 4 is 101 Å². The second kappa shape index (κ2) is 24.0. The molecule has 16 aromatic rings. The molecule has 494 valence electrons. The Labute approximate surface area is 622 Å². The van der Waals surface area contributed by atoms with Gasteiger partial charge >= 0.3 is 0 Å². The van der Waals surface area contributed by atoms with E-state index in [9.17, 15) is 19.0 Å². The van der Waals surface area contributed by atoms with Gasteiger partial charge in [0.2, 0.25) is 0 Å². The van der Waals surface area contributed by atoms with Crippen molar-refractivity contribution in [2.24, 2.45) is 0 Å². The highest BCUT2D eigenvalue weighted by Crippen LogP contribution is 2.55. The van der Waals surface area contributed by atoms with Crippen LogP contribution in [0.15, 0.2) is 309 Å². The van der Waals surface area contributed by atoms with E-state index < -0.39 is 78.6 Å². The number of rotatable bonds is 9. The van der Waals surface area contributed by atoms with Crippen molar-refractivity contribution in [3.05, 3.63) is 331 Å². The van der Waals surface area contributed by atoms with Crippen molar-refractivity contribution in [1.82, 2.24) is 9.13 Å². The molecular formula is C97H78BN5. The number of anilines is 6. The summed E-state index contributed by atoms with van der Waals surface area (Å²) in [5.74, 6) is 0. The molecule has 6 heteroatoms. The largest absolute Gasteiger partial charge is 0.310 e. The molecule has 0 aliphatic carbocycles. The fourth-order valence-corrected chi connectivity index (χ4v) is 15.8. The fraction of sp³-hybridized carbons (Fsp3) is 0.124. The fourth-order valence-electron chi connectivity index (χ4n) is 15.8. The molecule has 2 aliphatic rings. The van der Waals surface area contributed by atoms with Gasteiger partial charge in [0.25, 0.3) is 6.71 Å². The number of benzene rings is 14. The third kappa shape index (κ3) is 10.3. The third-order valence-electron chi connectivity index (χ3n) is 20.9. The van der Waals surface area contributed by atoms with Gasteiger partial charge < -0.3 is 18.9 Å². The van der Waals surface area contributed by atoms with E-state index in [-0.39, 0.29) is 61.5 Å². The van der Waals surface area contributed by atoms with Gasteiger partial charge in [-0.05, 0) is 173 Å². The van der Waals surface area contributed by atoms with Gasteiger partial charge in [-0.2, -0.15) is 5.26 Å². The first-order valence-corrected chi connectivity index (χ1v) is 35.1. The summed E-state index contributed by atoms with van der Waals surface area (Å²) in [4.78, 5) is 4.48. The summed E-state index contributed by atoms with van der Waals surface area (Å²) in [6.07, 6.45) is 0. The predicted octanol–water partition coefficient (Wildman–Crippen LogP) is 24.1. The average molecular weight is 1340 g/mol. The van der Waals surface area contributed by atoms with E-state index in [1.54, 1.807) is 0 Å². The summed E-state index contributed by atoms with van der Waals surface area (Å²) in [6.45, 7) is 19.1. The Kier molecular flexibility index (Phi) is 11.7. The maximum Gasteiger partial charge on any atom is 0.252 e. The smallest absolute Gasteiger partial charge is 0.252 e. The number of para-hydroxylation sites is 4. The molecule has 0 unspecified atom stereocenters. The van der Waals surface area contributed by atoms with Gasteiger partial charge in [-0.3, -0.25) is 0 Å². The molecule has 5 nitrogen and oxygen atoms in total. The summed E-state index contributed by atoms with van der Waals surface area (Å²) in [5.41, 5.74) is 18.2. The number of aromatic nitrogens is 2. The first-order valence-electron chi connectivity index (χ1n) is 41.6. The Morgan fingerprint density at radius 3 is 1.42 bits per heavy atom. The Morgan fingerprint density at radius 2 is 0.806 bits per heavy atom. The lowest BCUT2D eigenvalue weighted by Crippen LogP contribution is -2.61. The van der Waals surface area contributed by atoms with Crippen LogP contribution in [0.25, 0.3) is 111 Å². The summed E-state index contributed by atoms with van der Waals surface area (Å²) in [6, 6.07) is 75.1. The number of nitriles is 1. The number of fused-ring (bicyclic) bond motifs is 10. The van der Waals surface area contributed by atoms with Crippen molar-refractivity contribution < 1.29 is 17.8 Å². The molecule has 0 saturated carbocycles. The van der Waals surface area contributed by atoms with Crippen LogP contribution in [0.1, 0.15) is 102 Å². The van der Waals surface area contributed by atoms with E-state index in [0.717, 1.165) is 99.6 Å². The maximum atomic E-state index is 12.6. The van der Waals surface area contributed by atoms with Crippen LogP contribution in [0.4, 0.5) is 34.1 Å². The number of nitrogens with zero attached hydrogens (tertiary/aromatic N) is 5. The molecular weight excluding hydrogens is 1250 g/mol. The van der Waals surface area contributed by atoms with Crippen LogP contribution in [-0.4, -0.2) is 15.8 Å². The summed E-state index contributed by atoms with van der Waals surface area (Å²) in [7, 11) is 0. The lowest BCUT2D eigenvalue weighted by Gasteiger charge is -2.46. The van der Waals surface area contributed by atoms with Gasteiger partial charge in [-0.15, -0.1) is 0 Å². The Balaban J connectivity index is 1.07. The Hall–Kier alpha value is -12.2. The molecule has 2 aromatic heterocycles. The molecule has 0 atom stereocenters. The van der Waals surface area contributed by atoms with Gasteiger partial charge in [-0.1, -0.05) is 293 Å². The monoisotopic (exact) mass is 1340 g/mol. The van der Waals surface area contributed by atoms with Crippen molar-refractivity contribution in [3.63, 3.8) is 0 Å². The normalized spacial score (nSPS) is 14.6. The van der Waals surface area contributed by atoms with Crippen LogP contribution in [-0.2, 0) is 16.2 Å². The quantitative estimate of drug-likeness (QED) is 0.135. The van der Waals surface area contributed by atoms with Gasteiger partial charge in [0, 0.05) is 61.1 Å². The molecule has 0 fully saturated rings. The van der Waals surface area contributed by atoms with Gasteiger partial charge in [0.15, 0.2) is 0 Å². The molecule has 0 radical (unpaired) electrons. The summed E-state index contributed by atoms with van der Waals surface area (Å²) >= 11 is 0. The maximum absolute atomic E-state index is 12.6. The highest BCUT2D eigenvalue weighted by molar-refractivity contribution is 7.00. The number of hydrogen-bond donors (Lipinski definition) is 0. The molecule has 4 heterocycles. The molecule has 0 saturated heterocycles. The molecule has 0 N–H and O–H groups in total. The second-order valence-corrected chi connectivity index (χ2v) is 30.2. The molecule has 2 aliphatic heterocycles. The van der Waals surface area contributed by atoms with E-state index in [1.807, 2.05) is 115 Å². The zero-order valence-corrected chi connectivity index (χ0v) is 58.8. The third-order valence-corrected chi connectivity index (χ3v) is 20.9. The zero-order valence-electron chi connectivity index (χ0n) is 71.8. The zero-order chi connectivity index (χ0) is 81.5. The molecule has 103 heavy (non-hydrogen) atoms. The van der Waals surface area contributed by atoms with Crippen LogP contribution < -0.4 is 26.2 Å². The molecule has 14 aromatic carbocycles. The molecule has 18 rings (SSSR count). The Morgan fingerprint density at radius 1 is 0.320 bits per heavy atom. The standard InChI is InChI=1S/C97H78BN5/c1-95(2,3)68-52-66(53-69(57-68)96(4,5)6)67-55-91-93-92(56-67)103(94-78(64-34-17-12-18-35-64)58-70(97(7,8)9)59-79(94)73-37-20-19-36-72(73)63-32-15-11-16-33-63)89-54-65(62-30-13-10-14-31-62)48-50-81(89)98(93)82-51-49-71(100-83-42-25-21-38-74(83)75-39-22-26-43-84(75)100)60-90(82)102(91)88-47-29-46-87(80(88)61-99)101-85-44-27-23-40-76(85)77-41-24-28-45-86(77)101/h10-60H,1-9H3/i10D,13D,14D,21D,22D,25D,26D,30D,31D,38D,39D,42D,43D. The Bertz CT molecular complexity index is 6790. The predicted molar refractivity (Wildman–Crippen MR) is 437 cm³/mol. The van der Waals surface area contributed by atoms with Crippen LogP contribution in [0.3, 0.4) is 0 Å². The van der Waals surface area contributed by atoms with Crippen LogP contribution in [0.2, 0.25) is 0 Å². The van der Waals surface area contributed by atoms with Gasteiger partial charge in [0.05, 0.1) is 56.9 Å². The second-order valence-electron chi connectivity index (χ2n) is 30.2. The lowest BCUT2D eigenvalue weighted by molar-refractivity contribution is 0.569. The van der Waals surface area contributed by atoms with Crippen LogP contribution in [0, 0.1) is 11.3 Å². The lowest BCUT2D eigenvalue weighted by atomic mass is 9.33. The van der Waals surface area contributed by atoms with E-state index in [0.29, 0.717) is 45.2 Å². The topological polar surface area (TPSA) is 40.1 Å². The highest BCUT2D eigenvalue weighted by atomic mass is 15.2. The van der Waals surface area contributed by atoms with E-state index >= 15 is 0 Å².